The van der Waals surface area contributed by atoms with E-state index in [1.165, 1.54) is 0 Å². The Kier molecular flexibility index (Phi) is 3.15. The fourth-order valence-electron chi connectivity index (χ4n) is 1.88. The fraction of sp³-hybridized carbons (Fsp3) is 0.333. The molecule has 1 aliphatic heterocycles. The van der Waals surface area contributed by atoms with Crippen molar-refractivity contribution in [3.05, 3.63) is 29.8 Å². The number of rotatable bonds is 2. The van der Waals surface area contributed by atoms with Gasteiger partial charge in [-0.3, -0.25) is 0 Å². The van der Waals surface area contributed by atoms with Crippen molar-refractivity contribution in [3.8, 4) is 6.19 Å². The van der Waals surface area contributed by atoms with Crippen LogP contribution in [-0.4, -0.2) is 42.2 Å². The van der Waals surface area contributed by atoms with Crippen molar-refractivity contribution < 1.29 is 9.90 Å². The zero-order valence-corrected chi connectivity index (χ0v) is 9.33. The molecule has 88 valence electrons. The molecule has 0 amide bonds. The number of nitrogens with zero attached hydrogens (tertiary/aromatic N) is 3. The van der Waals surface area contributed by atoms with Crippen LogP contribution in [0.5, 0.6) is 0 Å². The van der Waals surface area contributed by atoms with Gasteiger partial charge in [0.1, 0.15) is 0 Å². The maximum absolute atomic E-state index is 10.7. The summed E-state index contributed by atoms with van der Waals surface area (Å²) in [4.78, 5) is 14.6. The molecule has 1 N–H and O–H groups in total. The van der Waals surface area contributed by atoms with Crippen molar-refractivity contribution >= 4 is 11.7 Å². The average Bonchev–Trinajstić information content (AvgIpc) is 2.39. The van der Waals surface area contributed by atoms with Gasteiger partial charge >= 0.3 is 5.97 Å². The van der Waals surface area contributed by atoms with Crippen LogP contribution in [0.15, 0.2) is 24.3 Å². The van der Waals surface area contributed by atoms with Crippen LogP contribution in [-0.2, 0) is 0 Å². The largest absolute Gasteiger partial charge is 0.478 e. The molecule has 0 aliphatic carbocycles. The lowest BCUT2D eigenvalue weighted by Crippen LogP contribution is -2.44. The SMILES string of the molecule is N#CN1CCN(c2ccc(C(=O)O)cc2)CC1. The summed E-state index contributed by atoms with van der Waals surface area (Å²) in [7, 11) is 0. The van der Waals surface area contributed by atoms with E-state index in [0.29, 0.717) is 5.56 Å². The van der Waals surface area contributed by atoms with Gasteiger partial charge in [-0.25, -0.2) is 4.79 Å². The Morgan fingerprint density at radius 3 is 2.24 bits per heavy atom. The van der Waals surface area contributed by atoms with Gasteiger partial charge < -0.3 is 14.9 Å². The highest BCUT2D eigenvalue weighted by atomic mass is 16.4. The smallest absolute Gasteiger partial charge is 0.335 e. The number of benzene rings is 1. The minimum atomic E-state index is -0.911. The third-order valence-electron chi connectivity index (χ3n) is 2.90. The Labute approximate surface area is 99.5 Å². The van der Waals surface area contributed by atoms with Crippen LogP contribution in [0.2, 0.25) is 0 Å². The van der Waals surface area contributed by atoms with E-state index in [-0.39, 0.29) is 0 Å². The molecule has 0 spiro atoms. The Morgan fingerprint density at radius 1 is 1.18 bits per heavy atom. The molecule has 1 aliphatic rings. The summed E-state index contributed by atoms with van der Waals surface area (Å²) >= 11 is 0. The number of carbonyl (C=O) groups is 1. The van der Waals surface area contributed by atoms with Gasteiger partial charge in [0.05, 0.1) is 5.56 Å². The lowest BCUT2D eigenvalue weighted by Gasteiger charge is -2.33. The lowest BCUT2D eigenvalue weighted by molar-refractivity contribution is 0.0697. The molecule has 1 saturated heterocycles. The number of anilines is 1. The van der Waals surface area contributed by atoms with E-state index in [1.807, 2.05) is 12.1 Å². The van der Waals surface area contributed by atoms with Gasteiger partial charge in [0.25, 0.3) is 0 Å². The summed E-state index contributed by atoms with van der Waals surface area (Å²) in [5.74, 6) is -0.911. The van der Waals surface area contributed by atoms with E-state index in [2.05, 4.69) is 11.1 Å². The molecule has 5 heteroatoms. The number of carboxylic acids is 1. The first kappa shape index (κ1) is 11.3. The van der Waals surface area contributed by atoms with Crippen molar-refractivity contribution in [2.24, 2.45) is 0 Å². The summed E-state index contributed by atoms with van der Waals surface area (Å²) in [6.45, 7) is 3.02. The van der Waals surface area contributed by atoms with Crippen LogP contribution < -0.4 is 4.90 Å². The van der Waals surface area contributed by atoms with Crippen molar-refractivity contribution in [2.45, 2.75) is 0 Å². The highest BCUT2D eigenvalue weighted by Gasteiger charge is 2.16. The standard InChI is InChI=1S/C12H13N3O2/c13-9-14-5-7-15(8-6-14)11-3-1-10(2-4-11)12(16)17/h1-4H,5-8H2,(H,16,17). The summed E-state index contributed by atoms with van der Waals surface area (Å²) < 4.78 is 0. The highest BCUT2D eigenvalue weighted by molar-refractivity contribution is 5.88. The number of carboxylic acid groups (broad SMARTS) is 1. The number of piperazine rings is 1. The van der Waals surface area contributed by atoms with E-state index in [9.17, 15) is 4.79 Å². The zero-order chi connectivity index (χ0) is 12.3. The second-order valence-corrected chi connectivity index (χ2v) is 3.93. The molecule has 1 heterocycles. The van der Waals surface area contributed by atoms with Gasteiger partial charge in [-0.2, -0.15) is 5.26 Å². The van der Waals surface area contributed by atoms with Crippen molar-refractivity contribution in [1.82, 2.24) is 4.90 Å². The van der Waals surface area contributed by atoms with Gasteiger partial charge in [-0.1, -0.05) is 0 Å². The van der Waals surface area contributed by atoms with Gasteiger partial charge in [-0.05, 0) is 24.3 Å². The predicted octanol–water partition coefficient (Wildman–Crippen LogP) is 0.988. The monoisotopic (exact) mass is 231 g/mol. The summed E-state index contributed by atoms with van der Waals surface area (Å²) in [5.41, 5.74) is 1.30. The van der Waals surface area contributed by atoms with Crippen LogP contribution in [0.1, 0.15) is 10.4 Å². The van der Waals surface area contributed by atoms with Crippen LogP contribution in [0.4, 0.5) is 5.69 Å². The first-order chi connectivity index (χ1) is 8.20. The molecule has 1 aromatic rings. The average molecular weight is 231 g/mol. The lowest BCUT2D eigenvalue weighted by atomic mass is 10.2. The molecule has 0 aromatic heterocycles. The molecule has 17 heavy (non-hydrogen) atoms. The molecular weight excluding hydrogens is 218 g/mol. The number of aromatic carboxylic acids is 1. The van der Waals surface area contributed by atoms with Crippen LogP contribution in [0.3, 0.4) is 0 Å². The number of hydrogen-bond donors (Lipinski definition) is 1. The molecule has 1 fully saturated rings. The zero-order valence-electron chi connectivity index (χ0n) is 9.33. The normalized spacial score (nSPS) is 15.5. The second kappa shape index (κ2) is 4.74. The number of nitriles is 1. The first-order valence-corrected chi connectivity index (χ1v) is 5.43. The Balaban J connectivity index is 2.04. The molecule has 0 unspecified atom stereocenters. The quantitative estimate of drug-likeness (QED) is 0.769. The first-order valence-electron chi connectivity index (χ1n) is 5.43. The van der Waals surface area contributed by atoms with Crippen molar-refractivity contribution in [3.63, 3.8) is 0 Å². The van der Waals surface area contributed by atoms with E-state index in [1.54, 1.807) is 17.0 Å². The molecule has 5 nitrogen and oxygen atoms in total. The van der Waals surface area contributed by atoms with E-state index in [0.717, 1.165) is 31.9 Å². The Bertz CT molecular complexity index is 442. The molecule has 0 bridgehead atoms. The minimum Gasteiger partial charge on any atom is -0.478 e. The number of hydrogen-bond acceptors (Lipinski definition) is 4. The van der Waals surface area contributed by atoms with E-state index in [4.69, 9.17) is 10.4 Å². The third kappa shape index (κ3) is 2.48. The van der Waals surface area contributed by atoms with Crippen molar-refractivity contribution in [2.75, 3.05) is 31.1 Å². The molecule has 0 radical (unpaired) electrons. The topological polar surface area (TPSA) is 67.6 Å². The molecule has 0 atom stereocenters. The highest BCUT2D eigenvalue weighted by Crippen LogP contribution is 2.17. The van der Waals surface area contributed by atoms with Crippen LogP contribution >= 0.6 is 0 Å². The van der Waals surface area contributed by atoms with Gasteiger partial charge in [0.2, 0.25) is 0 Å². The second-order valence-electron chi connectivity index (χ2n) is 3.93. The Morgan fingerprint density at radius 2 is 1.76 bits per heavy atom. The molecule has 2 rings (SSSR count). The van der Waals surface area contributed by atoms with Crippen LogP contribution in [0, 0.1) is 11.5 Å². The summed E-state index contributed by atoms with van der Waals surface area (Å²) in [5, 5.41) is 17.5. The van der Waals surface area contributed by atoms with Gasteiger partial charge in [0.15, 0.2) is 6.19 Å². The fourth-order valence-corrected chi connectivity index (χ4v) is 1.88. The third-order valence-corrected chi connectivity index (χ3v) is 2.90. The minimum absolute atomic E-state index is 0.296. The van der Waals surface area contributed by atoms with Gasteiger partial charge in [0, 0.05) is 31.9 Å². The predicted molar refractivity (Wildman–Crippen MR) is 62.8 cm³/mol. The molecule has 1 aromatic carbocycles. The summed E-state index contributed by atoms with van der Waals surface area (Å²) in [6.07, 6.45) is 2.13. The maximum atomic E-state index is 10.7. The van der Waals surface area contributed by atoms with Crippen LogP contribution in [0.25, 0.3) is 0 Å². The molecule has 0 saturated carbocycles. The molecular formula is C12H13N3O2. The Hall–Kier alpha value is -2.22. The maximum Gasteiger partial charge on any atom is 0.335 e. The van der Waals surface area contributed by atoms with E-state index >= 15 is 0 Å². The van der Waals surface area contributed by atoms with Gasteiger partial charge in [-0.15, -0.1) is 0 Å². The van der Waals surface area contributed by atoms with E-state index < -0.39 is 5.97 Å². The summed E-state index contributed by atoms with van der Waals surface area (Å²) in [6, 6.07) is 6.83. The van der Waals surface area contributed by atoms with Crippen molar-refractivity contribution in [1.29, 1.82) is 5.26 Å².